The first-order valence-corrected chi connectivity index (χ1v) is 8.39. The summed E-state index contributed by atoms with van der Waals surface area (Å²) >= 11 is 0. The third-order valence-electron chi connectivity index (χ3n) is 3.92. The van der Waals surface area contributed by atoms with Crippen LogP contribution in [0.15, 0.2) is 73.6 Å². The van der Waals surface area contributed by atoms with Crippen molar-refractivity contribution in [1.82, 2.24) is 29.8 Å². The maximum atomic E-state index is 12.0. The average Bonchev–Trinajstić information content (AvgIpc) is 3.26. The van der Waals surface area contributed by atoms with Gasteiger partial charge in [-0.15, -0.1) is 0 Å². The van der Waals surface area contributed by atoms with Gasteiger partial charge in [0.15, 0.2) is 0 Å². The van der Waals surface area contributed by atoms with E-state index in [4.69, 9.17) is 0 Å². The zero-order valence-electron chi connectivity index (χ0n) is 14.4. The van der Waals surface area contributed by atoms with E-state index in [-0.39, 0.29) is 5.91 Å². The predicted molar refractivity (Wildman–Crippen MR) is 102 cm³/mol. The topological polar surface area (TPSA) is 85.6 Å². The van der Waals surface area contributed by atoms with Crippen molar-refractivity contribution in [3.63, 3.8) is 0 Å². The molecule has 7 heteroatoms. The number of rotatable bonds is 5. The van der Waals surface area contributed by atoms with Gasteiger partial charge in [0.25, 0.3) is 0 Å². The van der Waals surface area contributed by atoms with Crippen molar-refractivity contribution in [2.75, 3.05) is 0 Å². The van der Waals surface area contributed by atoms with Crippen LogP contribution < -0.4 is 5.32 Å². The summed E-state index contributed by atoms with van der Waals surface area (Å²) < 4.78 is 1.82. The molecule has 132 valence electrons. The molecule has 7 nitrogen and oxygen atoms in total. The Labute approximate surface area is 155 Å². The van der Waals surface area contributed by atoms with E-state index in [2.05, 4.69) is 25.3 Å². The van der Waals surface area contributed by atoms with Crippen LogP contribution in [0.5, 0.6) is 0 Å². The smallest absolute Gasteiger partial charge is 0.244 e. The van der Waals surface area contributed by atoms with Crippen molar-refractivity contribution in [2.45, 2.75) is 6.54 Å². The van der Waals surface area contributed by atoms with Crippen LogP contribution in [-0.2, 0) is 11.3 Å². The number of pyridine rings is 1. The van der Waals surface area contributed by atoms with Crippen LogP contribution in [0.2, 0.25) is 0 Å². The molecule has 0 aliphatic carbocycles. The predicted octanol–water partition coefficient (Wildman–Crippen LogP) is 2.54. The van der Waals surface area contributed by atoms with Gasteiger partial charge in [-0.1, -0.05) is 18.2 Å². The van der Waals surface area contributed by atoms with Crippen molar-refractivity contribution in [3.05, 3.63) is 84.8 Å². The van der Waals surface area contributed by atoms with Crippen LogP contribution in [0, 0.1) is 0 Å². The van der Waals surface area contributed by atoms with Crippen molar-refractivity contribution < 1.29 is 4.79 Å². The van der Waals surface area contributed by atoms with E-state index >= 15 is 0 Å². The van der Waals surface area contributed by atoms with Crippen molar-refractivity contribution >= 4 is 23.0 Å². The van der Waals surface area contributed by atoms with E-state index in [1.807, 2.05) is 47.2 Å². The number of hydrogen-bond acceptors (Lipinski definition) is 5. The molecule has 0 saturated carbocycles. The molecule has 1 aromatic carbocycles. The fourth-order valence-corrected chi connectivity index (χ4v) is 2.53. The molecule has 1 amide bonds. The van der Waals surface area contributed by atoms with Crippen LogP contribution in [0.4, 0.5) is 0 Å². The first-order chi connectivity index (χ1) is 13.3. The van der Waals surface area contributed by atoms with Crippen LogP contribution in [0.25, 0.3) is 22.9 Å². The van der Waals surface area contributed by atoms with Gasteiger partial charge in [-0.2, -0.15) is 0 Å². The molecule has 4 aromatic rings. The fourth-order valence-electron chi connectivity index (χ4n) is 2.53. The standard InChI is InChI=1S/C20H16N6O/c27-20(8-6-16-13-22-17-3-1-2-4-18(17)25-16)24-12-15-5-7-19(23-11-15)26-10-9-21-14-26/h1-11,13-14H,12H2,(H,24,27)/b8-6+. The van der Waals surface area contributed by atoms with E-state index in [9.17, 15) is 4.79 Å². The Morgan fingerprint density at radius 3 is 2.74 bits per heavy atom. The minimum atomic E-state index is -0.205. The highest BCUT2D eigenvalue weighted by molar-refractivity contribution is 5.91. The van der Waals surface area contributed by atoms with Gasteiger partial charge in [-0.25, -0.2) is 15.0 Å². The van der Waals surface area contributed by atoms with Gasteiger partial charge in [0.2, 0.25) is 5.91 Å². The third kappa shape index (κ3) is 4.04. The summed E-state index contributed by atoms with van der Waals surface area (Å²) in [6, 6.07) is 11.4. The van der Waals surface area contributed by atoms with Crippen molar-refractivity contribution in [3.8, 4) is 5.82 Å². The highest BCUT2D eigenvalue weighted by atomic mass is 16.1. The first-order valence-electron chi connectivity index (χ1n) is 8.39. The van der Waals surface area contributed by atoms with Gasteiger partial charge in [-0.3, -0.25) is 14.3 Å². The maximum Gasteiger partial charge on any atom is 0.244 e. The Bertz CT molecular complexity index is 1090. The summed E-state index contributed by atoms with van der Waals surface area (Å²) in [4.78, 5) is 29.2. The number of nitrogens with zero attached hydrogens (tertiary/aromatic N) is 5. The number of para-hydroxylation sites is 2. The highest BCUT2D eigenvalue weighted by Gasteiger charge is 2.01. The van der Waals surface area contributed by atoms with Crippen LogP contribution in [0.1, 0.15) is 11.3 Å². The lowest BCUT2D eigenvalue weighted by atomic mass is 10.2. The number of benzene rings is 1. The Morgan fingerprint density at radius 1 is 1.07 bits per heavy atom. The van der Waals surface area contributed by atoms with E-state index in [1.54, 1.807) is 31.0 Å². The number of imidazole rings is 1. The Morgan fingerprint density at radius 2 is 1.96 bits per heavy atom. The molecule has 3 aromatic heterocycles. The summed E-state index contributed by atoms with van der Waals surface area (Å²) in [6.07, 6.45) is 11.7. The number of carbonyl (C=O) groups excluding carboxylic acids is 1. The molecule has 0 unspecified atom stereocenters. The highest BCUT2D eigenvalue weighted by Crippen LogP contribution is 2.09. The normalized spacial score (nSPS) is 11.1. The number of nitrogens with one attached hydrogen (secondary N) is 1. The fraction of sp³-hybridized carbons (Fsp3) is 0.0500. The molecular weight excluding hydrogens is 340 g/mol. The quantitative estimate of drug-likeness (QED) is 0.556. The minimum absolute atomic E-state index is 0.205. The van der Waals surface area contributed by atoms with Crippen LogP contribution in [0.3, 0.4) is 0 Å². The second kappa shape index (κ2) is 7.57. The SMILES string of the molecule is O=C(/C=C/c1cnc2ccccc2n1)NCc1ccc(-n2ccnc2)nc1. The van der Waals surface area contributed by atoms with Crippen LogP contribution >= 0.6 is 0 Å². The third-order valence-corrected chi connectivity index (χ3v) is 3.92. The lowest BCUT2D eigenvalue weighted by Crippen LogP contribution is -2.20. The number of fused-ring (bicyclic) bond motifs is 1. The van der Waals surface area contributed by atoms with E-state index in [0.717, 1.165) is 22.4 Å². The number of carbonyl (C=O) groups is 1. The zero-order valence-corrected chi connectivity index (χ0v) is 14.4. The number of aromatic nitrogens is 5. The molecule has 3 heterocycles. The number of hydrogen-bond donors (Lipinski definition) is 1. The molecule has 0 atom stereocenters. The Kier molecular flexibility index (Phi) is 4.65. The van der Waals surface area contributed by atoms with Gasteiger partial charge in [0, 0.05) is 31.2 Å². The largest absolute Gasteiger partial charge is 0.348 e. The molecule has 0 spiro atoms. The molecule has 27 heavy (non-hydrogen) atoms. The molecule has 0 radical (unpaired) electrons. The number of amides is 1. The lowest BCUT2D eigenvalue weighted by molar-refractivity contribution is -0.116. The summed E-state index contributed by atoms with van der Waals surface area (Å²) in [7, 11) is 0. The van der Waals surface area contributed by atoms with Crippen molar-refractivity contribution in [2.24, 2.45) is 0 Å². The van der Waals surface area contributed by atoms with Crippen molar-refractivity contribution in [1.29, 1.82) is 0 Å². The zero-order chi connectivity index (χ0) is 18.5. The average molecular weight is 356 g/mol. The lowest BCUT2D eigenvalue weighted by Gasteiger charge is -2.04. The van der Waals surface area contributed by atoms with Gasteiger partial charge in [-0.05, 0) is 29.8 Å². The molecule has 0 aliphatic heterocycles. The van der Waals surface area contributed by atoms with Gasteiger partial charge >= 0.3 is 0 Å². The second-order valence-electron chi connectivity index (χ2n) is 5.83. The van der Waals surface area contributed by atoms with Crippen LogP contribution in [-0.4, -0.2) is 30.4 Å². The molecule has 0 saturated heterocycles. The van der Waals surface area contributed by atoms with Gasteiger partial charge in [0.1, 0.15) is 12.1 Å². The molecule has 0 fully saturated rings. The Balaban J connectivity index is 1.35. The molecule has 0 bridgehead atoms. The minimum Gasteiger partial charge on any atom is -0.348 e. The van der Waals surface area contributed by atoms with Gasteiger partial charge in [0.05, 0.1) is 22.9 Å². The summed E-state index contributed by atoms with van der Waals surface area (Å²) in [5.74, 6) is 0.570. The Hall–Kier alpha value is -3.87. The molecular formula is C20H16N6O. The second-order valence-corrected chi connectivity index (χ2v) is 5.83. The molecule has 1 N–H and O–H groups in total. The van der Waals surface area contributed by atoms with E-state index < -0.39 is 0 Å². The maximum absolute atomic E-state index is 12.0. The summed E-state index contributed by atoms with van der Waals surface area (Å²) in [5, 5.41) is 2.83. The van der Waals surface area contributed by atoms with E-state index in [0.29, 0.717) is 12.2 Å². The van der Waals surface area contributed by atoms with Gasteiger partial charge < -0.3 is 5.32 Å². The summed E-state index contributed by atoms with van der Waals surface area (Å²) in [6.45, 7) is 0.393. The molecule has 4 rings (SSSR count). The summed E-state index contributed by atoms with van der Waals surface area (Å²) in [5.41, 5.74) is 3.16. The monoisotopic (exact) mass is 356 g/mol. The first kappa shape index (κ1) is 16.6. The molecule has 0 aliphatic rings. The van der Waals surface area contributed by atoms with E-state index in [1.165, 1.54) is 6.08 Å².